The Labute approximate surface area is 140 Å². The summed E-state index contributed by atoms with van der Waals surface area (Å²) in [5.74, 6) is 0.00311. The lowest BCUT2D eigenvalue weighted by atomic mass is 10.2. The van der Waals surface area contributed by atoms with E-state index in [0.717, 1.165) is 28.0 Å². The number of aryl methyl sites for hydroxylation is 1. The van der Waals surface area contributed by atoms with E-state index in [1.54, 1.807) is 11.3 Å². The predicted octanol–water partition coefficient (Wildman–Crippen LogP) is 2.92. The molecule has 1 atom stereocenters. The molecule has 1 aromatic carbocycles. The molecule has 1 unspecified atom stereocenters. The van der Waals surface area contributed by atoms with E-state index in [0.29, 0.717) is 6.54 Å². The van der Waals surface area contributed by atoms with Crippen molar-refractivity contribution in [1.82, 2.24) is 0 Å². The highest BCUT2D eigenvalue weighted by Crippen LogP contribution is 2.20. The Kier molecular flexibility index (Phi) is 6.19. The summed E-state index contributed by atoms with van der Waals surface area (Å²) in [6.07, 6.45) is 1.84. The SMILES string of the molecule is C=CC[NH+](CC(=O)Nc1ccc(C)cc1)Cc1ccc(Cl)s1. The lowest BCUT2D eigenvalue weighted by molar-refractivity contribution is -0.899. The predicted molar refractivity (Wildman–Crippen MR) is 93.7 cm³/mol. The van der Waals surface area contributed by atoms with Crippen LogP contribution in [0.4, 0.5) is 5.69 Å². The van der Waals surface area contributed by atoms with Crippen LogP contribution in [0.5, 0.6) is 0 Å². The van der Waals surface area contributed by atoms with E-state index >= 15 is 0 Å². The lowest BCUT2D eigenvalue weighted by Gasteiger charge is -2.16. The molecule has 2 rings (SSSR count). The number of hydrogen-bond donors (Lipinski definition) is 2. The zero-order valence-electron chi connectivity index (χ0n) is 12.6. The van der Waals surface area contributed by atoms with Gasteiger partial charge in [0.25, 0.3) is 5.91 Å². The van der Waals surface area contributed by atoms with Crippen molar-refractivity contribution in [1.29, 1.82) is 0 Å². The minimum Gasteiger partial charge on any atom is -0.321 e. The molecule has 1 heterocycles. The van der Waals surface area contributed by atoms with Crippen LogP contribution in [0.25, 0.3) is 0 Å². The number of thiophene rings is 1. The van der Waals surface area contributed by atoms with Gasteiger partial charge < -0.3 is 10.2 Å². The Hall–Kier alpha value is -1.62. The third-order valence-corrected chi connectivity index (χ3v) is 4.46. The highest BCUT2D eigenvalue weighted by Gasteiger charge is 2.15. The monoisotopic (exact) mass is 335 g/mol. The molecule has 0 aliphatic heterocycles. The molecule has 3 nitrogen and oxygen atoms in total. The van der Waals surface area contributed by atoms with E-state index in [1.165, 1.54) is 10.4 Å². The Morgan fingerprint density at radius 3 is 2.64 bits per heavy atom. The van der Waals surface area contributed by atoms with Gasteiger partial charge >= 0.3 is 0 Å². The number of carbonyl (C=O) groups is 1. The van der Waals surface area contributed by atoms with Gasteiger partial charge in [-0.15, -0.1) is 11.3 Å². The third kappa shape index (κ3) is 5.30. The second-order valence-electron chi connectivity index (χ2n) is 5.22. The number of benzene rings is 1. The standard InChI is InChI=1S/C17H19ClN2OS/c1-3-10-20(11-15-8-9-16(18)22-15)12-17(21)19-14-6-4-13(2)5-7-14/h3-9H,1,10-12H2,2H3,(H,19,21)/p+1. The Bertz CT molecular complexity index is 636. The lowest BCUT2D eigenvalue weighted by Crippen LogP contribution is -3.11. The zero-order valence-corrected chi connectivity index (χ0v) is 14.1. The first-order chi connectivity index (χ1) is 10.6. The third-order valence-electron chi connectivity index (χ3n) is 3.23. The molecule has 5 heteroatoms. The van der Waals surface area contributed by atoms with Crippen LogP contribution in [0.1, 0.15) is 10.4 Å². The second-order valence-corrected chi connectivity index (χ2v) is 7.02. The van der Waals surface area contributed by atoms with Gasteiger partial charge in [0.1, 0.15) is 6.54 Å². The Morgan fingerprint density at radius 1 is 1.32 bits per heavy atom. The smallest absolute Gasteiger partial charge is 0.279 e. The Morgan fingerprint density at radius 2 is 2.05 bits per heavy atom. The van der Waals surface area contributed by atoms with Gasteiger partial charge in [0, 0.05) is 5.69 Å². The quantitative estimate of drug-likeness (QED) is 0.749. The molecule has 0 aliphatic rings. The van der Waals surface area contributed by atoms with Crippen LogP contribution < -0.4 is 10.2 Å². The summed E-state index contributed by atoms with van der Waals surface area (Å²) in [6, 6.07) is 11.7. The van der Waals surface area contributed by atoms with Crippen LogP contribution in [0.3, 0.4) is 0 Å². The number of carbonyl (C=O) groups excluding carboxylic acids is 1. The second kappa shape index (κ2) is 8.13. The van der Waals surface area contributed by atoms with Crippen molar-refractivity contribution in [3.8, 4) is 0 Å². The van der Waals surface area contributed by atoms with E-state index in [9.17, 15) is 4.79 Å². The number of nitrogens with one attached hydrogen (secondary N) is 2. The maximum Gasteiger partial charge on any atom is 0.279 e. The number of anilines is 1. The minimum absolute atomic E-state index is 0.00311. The van der Waals surface area contributed by atoms with Gasteiger partial charge in [-0.25, -0.2) is 0 Å². The van der Waals surface area contributed by atoms with Gasteiger partial charge in [0.05, 0.1) is 15.8 Å². The summed E-state index contributed by atoms with van der Waals surface area (Å²) >= 11 is 7.51. The van der Waals surface area contributed by atoms with Crippen LogP contribution in [0.2, 0.25) is 4.34 Å². The summed E-state index contributed by atoms with van der Waals surface area (Å²) in [5.41, 5.74) is 2.00. The number of rotatable bonds is 7. The van der Waals surface area contributed by atoms with Gasteiger partial charge in [-0.05, 0) is 37.3 Å². The maximum atomic E-state index is 12.2. The van der Waals surface area contributed by atoms with Crippen LogP contribution >= 0.6 is 22.9 Å². The molecule has 1 aromatic heterocycles. The number of halogens is 1. The van der Waals surface area contributed by atoms with E-state index in [4.69, 9.17) is 11.6 Å². The summed E-state index contributed by atoms with van der Waals surface area (Å²) in [5, 5.41) is 2.93. The topological polar surface area (TPSA) is 33.5 Å². The van der Waals surface area contributed by atoms with Gasteiger partial charge in [-0.3, -0.25) is 4.79 Å². The molecule has 0 radical (unpaired) electrons. The summed E-state index contributed by atoms with van der Waals surface area (Å²) < 4.78 is 0.775. The number of amides is 1. The first kappa shape index (κ1) is 16.7. The van der Waals surface area contributed by atoms with Crippen molar-refractivity contribution in [2.24, 2.45) is 0 Å². The first-order valence-electron chi connectivity index (χ1n) is 7.12. The molecule has 22 heavy (non-hydrogen) atoms. The average Bonchev–Trinajstić information content (AvgIpc) is 2.87. The molecule has 0 aliphatic carbocycles. The molecule has 0 saturated heterocycles. The Balaban J connectivity index is 1.93. The van der Waals surface area contributed by atoms with E-state index in [-0.39, 0.29) is 5.91 Å². The van der Waals surface area contributed by atoms with Crippen molar-refractivity contribution >= 4 is 34.5 Å². The summed E-state index contributed by atoms with van der Waals surface area (Å²) in [7, 11) is 0. The molecule has 0 saturated carbocycles. The van der Waals surface area contributed by atoms with Crippen molar-refractivity contribution in [3.63, 3.8) is 0 Å². The van der Waals surface area contributed by atoms with Gasteiger partial charge in [-0.1, -0.05) is 35.9 Å². The number of quaternary nitrogens is 1. The molecular formula is C17H20ClN2OS+. The molecule has 0 bridgehead atoms. The first-order valence-corrected chi connectivity index (χ1v) is 8.31. The van der Waals surface area contributed by atoms with Gasteiger partial charge in [-0.2, -0.15) is 0 Å². The molecular weight excluding hydrogens is 316 g/mol. The fourth-order valence-corrected chi connectivity index (χ4v) is 3.33. The highest BCUT2D eigenvalue weighted by molar-refractivity contribution is 7.16. The van der Waals surface area contributed by atoms with Crippen molar-refractivity contribution in [2.45, 2.75) is 13.5 Å². The van der Waals surface area contributed by atoms with Crippen molar-refractivity contribution < 1.29 is 9.69 Å². The van der Waals surface area contributed by atoms with Crippen molar-refractivity contribution in [3.05, 3.63) is 63.8 Å². The largest absolute Gasteiger partial charge is 0.321 e. The van der Waals surface area contributed by atoms with Crippen molar-refractivity contribution in [2.75, 3.05) is 18.4 Å². The average molecular weight is 336 g/mol. The summed E-state index contributed by atoms with van der Waals surface area (Å²) in [4.78, 5) is 14.5. The molecule has 0 spiro atoms. The van der Waals surface area contributed by atoms with Gasteiger partial charge in [0.15, 0.2) is 6.54 Å². The molecule has 2 N–H and O–H groups in total. The fraction of sp³-hybridized carbons (Fsp3) is 0.235. The molecule has 0 fully saturated rings. The fourth-order valence-electron chi connectivity index (χ4n) is 2.17. The van der Waals surface area contributed by atoms with E-state index in [2.05, 4.69) is 11.9 Å². The minimum atomic E-state index is 0.00311. The van der Waals surface area contributed by atoms with E-state index < -0.39 is 0 Å². The van der Waals surface area contributed by atoms with Gasteiger partial charge in [0.2, 0.25) is 0 Å². The maximum absolute atomic E-state index is 12.2. The van der Waals surface area contributed by atoms with Crippen LogP contribution in [0.15, 0.2) is 49.1 Å². The van der Waals surface area contributed by atoms with E-state index in [1.807, 2.05) is 49.4 Å². The summed E-state index contributed by atoms with van der Waals surface area (Å²) in [6.45, 7) is 7.69. The molecule has 2 aromatic rings. The molecule has 1 amide bonds. The normalized spacial score (nSPS) is 11.9. The van der Waals surface area contributed by atoms with Crippen LogP contribution in [-0.2, 0) is 11.3 Å². The van der Waals surface area contributed by atoms with Crippen LogP contribution in [-0.4, -0.2) is 19.0 Å². The number of hydrogen-bond acceptors (Lipinski definition) is 2. The highest BCUT2D eigenvalue weighted by atomic mass is 35.5. The molecule has 116 valence electrons. The zero-order chi connectivity index (χ0) is 15.9. The van der Waals surface area contributed by atoms with Crippen LogP contribution in [0, 0.1) is 6.92 Å².